The van der Waals surface area contributed by atoms with Gasteiger partial charge < -0.3 is 10.2 Å². The number of aliphatic hydroxyl groups excluding tert-OH is 1. The first-order valence-electron chi connectivity index (χ1n) is 3.38. The summed E-state index contributed by atoms with van der Waals surface area (Å²) < 4.78 is 13.0. The second-order valence-electron chi connectivity index (χ2n) is 2.41. The van der Waals surface area contributed by atoms with Crippen molar-refractivity contribution in [2.45, 2.75) is 6.10 Å². The number of aliphatic hydroxyl groups is 1. The highest BCUT2D eigenvalue weighted by molar-refractivity contribution is 9.10. The Kier molecular flexibility index (Phi) is 3.00. The van der Waals surface area contributed by atoms with Gasteiger partial charge in [0, 0.05) is 10.0 Å². The van der Waals surface area contributed by atoms with Crippen LogP contribution >= 0.6 is 15.9 Å². The molecule has 1 rings (SSSR count). The number of hydrogen-bond donors (Lipinski definition) is 2. The van der Waals surface area contributed by atoms with Crippen molar-refractivity contribution in [1.29, 1.82) is 0 Å². The minimum Gasteiger partial charge on any atom is -0.479 e. The summed E-state index contributed by atoms with van der Waals surface area (Å²) in [6.45, 7) is 0. The highest BCUT2D eigenvalue weighted by Crippen LogP contribution is 2.24. The summed E-state index contributed by atoms with van der Waals surface area (Å²) in [7, 11) is 0. The van der Waals surface area contributed by atoms with Crippen LogP contribution in [-0.4, -0.2) is 16.2 Å². The molecule has 0 spiro atoms. The average Bonchev–Trinajstić information content (AvgIpc) is 2.08. The van der Waals surface area contributed by atoms with Gasteiger partial charge in [0.1, 0.15) is 5.82 Å². The molecule has 13 heavy (non-hydrogen) atoms. The van der Waals surface area contributed by atoms with Crippen LogP contribution in [0.1, 0.15) is 11.7 Å². The molecule has 0 saturated carbocycles. The van der Waals surface area contributed by atoms with E-state index in [1.165, 1.54) is 12.1 Å². The molecule has 1 aromatic carbocycles. The Hall–Kier alpha value is -0.940. The topological polar surface area (TPSA) is 57.5 Å². The fraction of sp³-hybridized carbons (Fsp3) is 0.125. The molecule has 70 valence electrons. The van der Waals surface area contributed by atoms with Crippen LogP contribution in [0.2, 0.25) is 0 Å². The number of hydrogen-bond acceptors (Lipinski definition) is 2. The third-order valence-corrected chi connectivity index (χ3v) is 2.21. The van der Waals surface area contributed by atoms with E-state index in [1.807, 2.05) is 0 Å². The van der Waals surface area contributed by atoms with E-state index in [0.717, 1.165) is 6.07 Å². The lowest BCUT2D eigenvalue weighted by molar-refractivity contribution is -0.147. The highest BCUT2D eigenvalue weighted by Gasteiger charge is 2.18. The van der Waals surface area contributed by atoms with Gasteiger partial charge in [0.05, 0.1) is 0 Å². The number of rotatable bonds is 2. The van der Waals surface area contributed by atoms with Crippen LogP contribution in [0.4, 0.5) is 4.39 Å². The second kappa shape index (κ2) is 3.85. The van der Waals surface area contributed by atoms with Crippen molar-refractivity contribution in [1.82, 2.24) is 0 Å². The van der Waals surface area contributed by atoms with Crippen LogP contribution < -0.4 is 0 Å². The number of carbonyl (C=O) groups is 1. The molecule has 0 bridgehead atoms. The van der Waals surface area contributed by atoms with Crippen molar-refractivity contribution in [3.8, 4) is 0 Å². The van der Waals surface area contributed by atoms with Crippen LogP contribution in [0.3, 0.4) is 0 Å². The van der Waals surface area contributed by atoms with Gasteiger partial charge in [0.15, 0.2) is 6.10 Å². The van der Waals surface area contributed by atoms with Crippen LogP contribution in [-0.2, 0) is 4.79 Å². The molecule has 0 aliphatic rings. The van der Waals surface area contributed by atoms with Gasteiger partial charge in [0.2, 0.25) is 0 Å². The summed E-state index contributed by atoms with van der Waals surface area (Å²) in [5.74, 6) is -2.00. The van der Waals surface area contributed by atoms with E-state index in [1.54, 1.807) is 0 Å². The standard InChI is InChI=1S/C8H6BrFO3/c9-6-2-1-4(10)3-5(6)7(11)8(12)13/h1-3,7,11H,(H,12,13). The number of carboxylic acids is 1. The van der Waals surface area contributed by atoms with Crippen LogP contribution in [0.25, 0.3) is 0 Å². The lowest BCUT2D eigenvalue weighted by Gasteiger charge is -2.07. The molecule has 0 aliphatic heterocycles. The van der Waals surface area contributed by atoms with Crippen molar-refractivity contribution in [3.05, 3.63) is 34.1 Å². The van der Waals surface area contributed by atoms with E-state index < -0.39 is 17.9 Å². The zero-order valence-electron chi connectivity index (χ0n) is 6.37. The van der Waals surface area contributed by atoms with E-state index >= 15 is 0 Å². The Labute approximate surface area is 81.9 Å². The van der Waals surface area contributed by atoms with Crippen molar-refractivity contribution < 1.29 is 19.4 Å². The molecule has 0 heterocycles. The number of halogens is 2. The van der Waals surface area contributed by atoms with Gasteiger partial charge in [-0.1, -0.05) is 15.9 Å². The summed E-state index contributed by atoms with van der Waals surface area (Å²) in [4.78, 5) is 10.4. The van der Waals surface area contributed by atoms with Gasteiger partial charge >= 0.3 is 5.97 Å². The second-order valence-corrected chi connectivity index (χ2v) is 3.26. The van der Waals surface area contributed by atoms with Crippen molar-refractivity contribution in [2.24, 2.45) is 0 Å². The summed E-state index contributed by atoms with van der Waals surface area (Å²) >= 11 is 3.01. The molecule has 0 saturated heterocycles. The van der Waals surface area contributed by atoms with Gasteiger partial charge in [-0.05, 0) is 18.2 Å². The molecule has 0 amide bonds. The summed E-state index contributed by atoms with van der Waals surface area (Å²) in [5, 5.41) is 17.6. The van der Waals surface area contributed by atoms with E-state index in [-0.39, 0.29) is 5.56 Å². The molecule has 5 heteroatoms. The van der Waals surface area contributed by atoms with E-state index in [0.29, 0.717) is 4.47 Å². The van der Waals surface area contributed by atoms with E-state index in [2.05, 4.69) is 15.9 Å². The van der Waals surface area contributed by atoms with Gasteiger partial charge in [-0.25, -0.2) is 9.18 Å². The number of benzene rings is 1. The first kappa shape index (κ1) is 10.1. The number of carboxylic acid groups (broad SMARTS) is 1. The monoisotopic (exact) mass is 248 g/mol. The van der Waals surface area contributed by atoms with Gasteiger partial charge in [-0.15, -0.1) is 0 Å². The van der Waals surface area contributed by atoms with Gasteiger partial charge in [-0.2, -0.15) is 0 Å². The summed E-state index contributed by atoms with van der Waals surface area (Å²) in [5.41, 5.74) is 0.00694. The predicted molar refractivity (Wildman–Crippen MR) is 46.7 cm³/mol. The maximum Gasteiger partial charge on any atom is 0.337 e. The number of aliphatic carboxylic acids is 1. The third kappa shape index (κ3) is 2.26. The van der Waals surface area contributed by atoms with Crippen molar-refractivity contribution in [3.63, 3.8) is 0 Å². The molecular weight excluding hydrogens is 243 g/mol. The SMILES string of the molecule is O=C(O)C(O)c1cc(F)ccc1Br. The molecule has 0 aromatic heterocycles. The average molecular weight is 249 g/mol. The van der Waals surface area contributed by atoms with E-state index in [9.17, 15) is 9.18 Å². The molecule has 0 radical (unpaired) electrons. The first-order chi connectivity index (χ1) is 6.02. The van der Waals surface area contributed by atoms with Gasteiger partial charge in [-0.3, -0.25) is 0 Å². The highest BCUT2D eigenvalue weighted by atomic mass is 79.9. The summed E-state index contributed by atoms with van der Waals surface area (Å²) in [6, 6.07) is 3.49. The minimum absolute atomic E-state index is 0.00694. The summed E-state index contributed by atoms with van der Waals surface area (Å²) in [6.07, 6.45) is -1.70. The molecule has 1 aromatic rings. The lowest BCUT2D eigenvalue weighted by Crippen LogP contribution is -2.11. The maximum atomic E-state index is 12.6. The maximum absolute atomic E-state index is 12.6. The lowest BCUT2D eigenvalue weighted by atomic mass is 10.1. The Bertz CT molecular complexity index is 340. The molecule has 1 atom stereocenters. The molecule has 0 aliphatic carbocycles. The smallest absolute Gasteiger partial charge is 0.337 e. The zero-order chi connectivity index (χ0) is 10.0. The van der Waals surface area contributed by atoms with Gasteiger partial charge in [0.25, 0.3) is 0 Å². The molecule has 1 unspecified atom stereocenters. The Morgan fingerprint density at radius 1 is 1.54 bits per heavy atom. The Morgan fingerprint density at radius 3 is 2.69 bits per heavy atom. The van der Waals surface area contributed by atoms with Crippen molar-refractivity contribution in [2.75, 3.05) is 0 Å². The molecular formula is C8H6BrFO3. The Morgan fingerprint density at radius 2 is 2.15 bits per heavy atom. The largest absolute Gasteiger partial charge is 0.479 e. The molecule has 2 N–H and O–H groups in total. The van der Waals surface area contributed by atoms with Crippen LogP contribution in [0, 0.1) is 5.82 Å². The third-order valence-electron chi connectivity index (χ3n) is 1.49. The first-order valence-corrected chi connectivity index (χ1v) is 4.17. The fourth-order valence-electron chi connectivity index (χ4n) is 0.857. The fourth-order valence-corrected chi connectivity index (χ4v) is 1.32. The zero-order valence-corrected chi connectivity index (χ0v) is 7.95. The molecule has 3 nitrogen and oxygen atoms in total. The van der Waals surface area contributed by atoms with Crippen LogP contribution in [0.15, 0.2) is 22.7 Å². The van der Waals surface area contributed by atoms with E-state index in [4.69, 9.17) is 10.2 Å². The van der Waals surface area contributed by atoms with Crippen molar-refractivity contribution >= 4 is 21.9 Å². The normalized spacial score (nSPS) is 12.5. The van der Waals surface area contributed by atoms with Crippen LogP contribution in [0.5, 0.6) is 0 Å². The predicted octanol–water partition coefficient (Wildman–Crippen LogP) is 1.71. The molecule has 0 fully saturated rings. The quantitative estimate of drug-likeness (QED) is 0.838. The minimum atomic E-state index is -1.70. The Balaban J connectivity index is 3.12.